The van der Waals surface area contributed by atoms with Crippen LogP contribution in [0.15, 0.2) is 51.6 Å². The van der Waals surface area contributed by atoms with Crippen LogP contribution in [-0.2, 0) is 9.53 Å². The summed E-state index contributed by atoms with van der Waals surface area (Å²) in [4.78, 5) is 26.8. The number of cyclic esters (lactones) is 1. The van der Waals surface area contributed by atoms with Crippen LogP contribution >= 0.6 is 38.5 Å². The summed E-state index contributed by atoms with van der Waals surface area (Å²) in [5.74, 6) is -0.298. The molecule has 0 saturated carbocycles. The minimum Gasteiger partial charge on any atom is -0.490 e. The third kappa shape index (κ3) is 3.78. The van der Waals surface area contributed by atoms with Crippen LogP contribution in [0.25, 0.3) is 6.08 Å². The van der Waals surface area contributed by atoms with E-state index in [2.05, 4.69) is 43.5 Å². The van der Waals surface area contributed by atoms with Crippen molar-refractivity contribution < 1.29 is 19.2 Å². The Hall–Kier alpha value is -2.27. The van der Waals surface area contributed by atoms with Crippen LogP contribution < -0.4 is 4.74 Å². The second kappa shape index (κ2) is 7.54. The Balaban J connectivity index is 1.97. The van der Waals surface area contributed by atoms with E-state index >= 15 is 0 Å². The van der Waals surface area contributed by atoms with Gasteiger partial charge < -0.3 is 9.47 Å². The molecule has 0 unspecified atom stereocenters. The SMILES string of the molecule is COc1ccc(/C=C2\N=C(c3ccc(I)c(Br)c3)OC2=O)cc1[N+](=O)[O-]. The molecule has 1 aliphatic heterocycles. The highest BCUT2D eigenvalue weighted by Gasteiger charge is 2.25. The summed E-state index contributed by atoms with van der Waals surface area (Å²) in [6.45, 7) is 0. The average molecular weight is 529 g/mol. The number of esters is 1. The molecule has 0 saturated heterocycles. The molecule has 2 aromatic carbocycles. The Morgan fingerprint density at radius 2 is 2.08 bits per heavy atom. The van der Waals surface area contributed by atoms with Crippen molar-refractivity contribution in [1.82, 2.24) is 0 Å². The molecule has 0 aliphatic carbocycles. The van der Waals surface area contributed by atoms with Gasteiger partial charge in [0.15, 0.2) is 11.4 Å². The molecule has 0 spiro atoms. The zero-order chi connectivity index (χ0) is 18.8. The van der Waals surface area contributed by atoms with Crippen molar-refractivity contribution in [3.63, 3.8) is 0 Å². The van der Waals surface area contributed by atoms with Gasteiger partial charge in [-0.1, -0.05) is 6.07 Å². The maximum absolute atomic E-state index is 12.1. The van der Waals surface area contributed by atoms with Crippen molar-refractivity contribution in [2.75, 3.05) is 7.11 Å². The first-order valence-electron chi connectivity index (χ1n) is 7.19. The zero-order valence-electron chi connectivity index (χ0n) is 13.2. The fourth-order valence-corrected chi connectivity index (χ4v) is 2.97. The van der Waals surface area contributed by atoms with Gasteiger partial charge in [0, 0.05) is 19.7 Å². The number of benzene rings is 2. The highest BCUT2D eigenvalue weighted by Crippen LogP contribution is 2.29. The molecule has 1 aliphatic rings. The largest absolute Gasteiger partial charge is 0.490 e. The van der Waals surface area contributed by atoms with Gasteiger partial charge in [-0.25, -0.2) is 9.79 Å². The lowest BCUT2D eigenvalue weighted by Crippen LogP contribution is -2.05. The van der Waals surface area contributed by atoms with Crippen LogP contribution in [0.2, 0.25) is 0 Å². The number of carbonyl (C=O) groups is 1. The number of hydrogen-bond donors (Lipinski definition) is 0. The Kier molecular flexibility index (Phi) is 5.37. The number of aliphatic imine (C=N–C) groups is 1. The lowest BCUT2D eigenvalue weighted by molar-refractivity contribution is -0.385. The van der Waals surface area contributed by atoms with Gasteiger partial charge in [-0.2, -0.15) is 0 Å². The smallest absolute Gasteiger partial charge is 0.363 e. The summed E-state index contributed by atoms with van der Waals surface area (Å²) in [6.07, 6.45) is 1.43. The number of hydrogen-bond acceptors (Lipinski definition) is 6. The first-order valence-corrected chi connectivity index (χ1v) is 9.06. The van der Waals surface area contributed by atoms with E-state index in [1.807, 2.05) is 6.07 Å². The van der Waals surface area contributed by atoms with Crippen molar-refractivity contribution in [2.45, 2.75) is 0 Å². The molecule has 0 N–H and O–H groups in total. The average Bonchev–Trinajstić information content (AvgIpc) is 2.98. The van der Waals surface area contributed by atoms with E-state index in [1.165, 1.54) is 25.3 Å². The van der Waals surface area contributed by atoms with Crippen LogP contribution in [0.4, 0.5) is 5.69 Å². The fourth-order valence-electron chi connectivity index (χ4n) is 2.26. The minimum atomic E-state index is -0.617. The molecule has 7 nitrogen and oxygen atoms in total. The second-order valence-corrected chi connectivity index (χ2v) is 7.17. The summed E-state index contributed by atoms with van der Waals surface area (Å²) in [7, 11) is 1.35. The number of carbonyl (C=O) groups excluding carboxylic acids is 1. The lowest BCUT2D eigenvalue weighted by atomic mass is 10.1. The molecule has 26 heavy (non-hydrogen) atoms. The van der Waals surface area contributed by atoms with Crippen LogP contribution in [0.1, 0.15) is 11.1 Å². The van der Waals surface area contributed by atoms with Crippen molar-refractivity contribution in [2.24, 2.45) is 4.99 Å². The molecule has 9 heteroatoms. The molecular formula is C17H10BrIN2O5. The molecule has 0 bridgehead atoms. The zero-order valence-corrected chi connectivity index (χ0v) is 17.0. The molecule has 0 amide bonds. The van der Waals surface area contributed by atoms with Crippen LogP contribution in [-0.4, -0.2) is 23.9 Å². The summed E-state index contributed by atoms with van der Waals surface area (Å²) in [5, 5.41) is 11.1. The molecule has 1 heterocycles. The normalized spacial score (nSPS) is 15.0. The quantitative estimate of drug-likeness (QED) is 0.194. The van der Waals surface area contributed by atoms with Gasteiger partial charge in [0.05, 0.1) is 12.0 Å². The Morgan fingerprint density at radius 1 is 1.31 bits per heavy atom. The first-order chi connectivity index (χ1) is 12.4. The fraction of sp³-hybridized carbons (Fsp3) is 0.0588. The molecule has 3 rings (SSSR count). The van der Waals surface area contributed by atoms with Gasteiger partial charge in [0.1, 0.15) is 0 Å². The standard InChI is InChI=1S/C17H10BrIN2O5/c1-25-15-5-2-9(7-14(15)21(23)24)6-13-17(22)26-16(20-13)10-3-4-12(19)11(18)8-10/h2-8H,1H3/b13-6-. The number of rotatable bonds is 4. The highest BCUT2D eigenvalue weighted by molar-refractivity contribution is 14.1. The van der Waals surface area contributed by atoms with Gasteiger partial charge in [0.25, 0.3) is 0 Å². The third-order valence-electron chi connectivity index (χ3n) is 3.49. The molecule has 0 atom stereocenters. The maximum atomic E-state index is 12.1. The number of ether oxygens (including phenoxy) is 2. The van der Waals surface area contributed by atoms with Crippen molar-refractivity contribution >= 4 is 62.2 Å². The monoisotopic (exact) mass is 528 g/mol. The Labute approximate surface area is 170 Å². The van der Waals surface area contributed by atoms with E-state index in [9.17, 15) is 14.9 Å². The van der Waals surface area contributed by atoms with E-state index in [-0.39, 0.29) is 23.0 Å². The number of nitro groups is 1. The van der Waals surface area contributed by atoms with Gasteiger partial charge >= 0.3 is 11.7 Å². The van der Waals surface area contributed by atoms with E-state index in [4.69, 9.17) is 9.47 Å². The highest BCUT2D eigenvalue weighted by atomic mass is 127. The van der Waals surface area contributed by atoms with Gasteiger partial charge in [0.2, 0.25) is 5.90 Å². The Bertz CT molecular complexity index is 987. The second-order valence-electron chi connectivity index (χ2n) is 5.15. The van der Waals surface area contributed by atoms with Gasteiger partial charge in [-0.15, -0.1) is 0 Å². The first kappa shape index (κ1) is 18.5. The van der Waals surface area contributed by atoms with Crippen molar-refractivity contribution in [3.05, 3.63) is 71.4 Å². The molecular weight excluding hydrogens is 519 g/mol. The number of methoxy groups -OCH3 is 1. The van der Waals surface area contributed by atoms with Gasteiger partial charge in [-0.3, -0.25) is 10.1 Å². The number of halogens is 2. The Morgan fingerprint density at radius 3 is 2.73 bits per heavy atom. The summed E-state index contributed by atoms with van der Waals surface area (Å²) < 4.78 is 12.0. The van der Waals surface area contributed by atoms with Crippen molar-refractivity contribution in [3.8, 4) is 5.75 Å². The predicted molar refractivity (Wildman–Crippen MR) is 107 cm³/mol. The van der Waals surface area contributed by atoms with Crippen molar-refractivity contribution in [1.29, 1.82) is 0 Å². The maximum Gasteiger partial charge on any atom is 0.363 e. The topological polar surface area (TPSA) is 91.0 Å². The van der Waals surface area contributed by atoms with Crippen LogP contribution in [0, 0.1) is 13.7 Å². The van der Waals surface area contributed by atoms with E-state index in [0.717, 1.165) is 8.04 Å². The number of nitro benzene ring substituents is 1. The molecule has 2 aromatic rings. The molecule has 132 valence electrons. The van der Waals surface area contributed by atoms with E-state index in [1.54, 1.807) is 18.2 Å². The molecule has 0 aromatic heterocycles. The predicted octanol–water partition coefficient (Wildman–Crippen LogP) is 4.32. The number of nitrogens with zero attached hydrogens (tertiary/aromatic N) is 2. The van der Waals surface area contributed by atoms with E-state index < -0.39 is 10.9 Å². The van der Waals surface area contributed by atoms with Crippen LogP contribution in [0.3, 0.4) is 0 Å². The van der Waals surface area contributed by atoms with Gasteiger partial charge in [-0.05, 0) is 74.4 Å². The summed E-state index contributed by atoms with van der Waals surface area (Å²) in [6, 6.07) is 9.83. The summed E-state index contributed by atoms with van der Waals surface area (Å²) >= 11 is 5.59. The van der Waals surface area contributed by atoms with E-state index in [0.29, 0.717) is 11.1 Å². The lowest BCUT2D eigenvalue weighted by Gasteiger charge is -2.02. The third-order valence-corrected chi connectivity index (χ3v) is 5.83. The summed E-state index contributed by atoms with van der Waals surface area (Å²) in [5.41, 5.74) is 0.959. The molecule has 0 fully saturated rings. The van der Waals surface area contributed by atoms with Crippen LogP contribution in [0.5, 0.6) is 5.75 Å². The molecule has 0 radical (unpaired) electrons. The minimum absolute atomic E-state index is 0.0640.